The lowest BCUT2D eigenvalue weighted by atomic mass is 9.98. The van der Waals surface area contributed by atoms with Crippen molar-refractivity contribution in [2.24, 2.45) is 0 Å². The highest BCUT2D eigenvalue weighted by molar-refractivity contribution is 5.55. The molecule has 0 aliphatic carbocycles. The summed E-state index contributed by atoms with van der Waals surface area (Å²) in [6, 6.07) is 6.56. The Morgan fingerprint density at radius 3 is 1.90 bits per heavy atom. The molecule has 0 bridgehead atoms. The Morgan fingerprint density at radius 1 is 0.875 bits per heavy atom. The van der Waals surface area contributed by atoms with E-state index in [9.17, 15) is 25.5 Å². The fourth-order valence-corrected chi connectivity index (χ4v) is 4.45. The van der Waals surface area contributed by atoms with Crippen LogP contribution in [0.2, 0.25) is 0 Å². The molecular formula is C28H38O12. The number of aromatic hydroxyl groups is 1. The Labute approximate surface area is 232 Å². The lowest BCUT2D eigenvalue weighted by Crippen LogP contribution is -2.59. The van der Waals surface area contributed by atoms with Crippen LogP contribution >= 0.6 is 0 Å². The van der Waals surface area contributed by atoms with Crippen LogP contribution in [0.1, 0.15) is 24.2 Å². The Bertz CT molecular complexity index is 1090. The first-order chi connectivity index (χ1) is 19.1. The monoisotopic (exact) mass is 566 g/mol. The van der Waals surface area contributed by atoms with Crippen molar-refractivity contribution in [3.63, 3.8) is 0 Å². The zero-order valence-corrected chi connectivity index (χ0v) is 23.1. The van der Waals surface area contributed by atoms with Crippen LogP contribution < -0.4 is 23.7 Å². The van der Waals surface area contributed by atoms with Crippen molar-refractivity contribution in [2.75, 3.05) is 35.0 Å². The van der Waals surface area contributed by atoms with Gasteiger partial charge in [0.2, 0.25) is 11.5 Å². The van der Waals surface area contributed by atoms with E-state index in [1.807, 2.05) is 0 Å². The number of hydrogen-bond acceptors (Lipinski definition) is 12. The fourth-order valence-electron chi connectivity index (χ4n) is 4.45. The number of aliphatic hydroxyl groups is 4. The molecule has 1 aliphatic rings. The summed E-state index contributed by atoms with van der Waals surface area (Å²) in [5.74, 6) is 0.951. The molecule has 0 radical (unpaired) electrons. The topological polar surface area (TPSA) is 166 Å². The van der Waals surface area contributed by atoms with E-state index >= 15 is 0 Å². The largest absolute Gasteiger partial charge is 0.502 e. The Hall–Kier alpha value is -3.26. The highest BCUT2D eigenvalue weighted by Gasteiger charge is 2.46. The number of methoxy groups -OCH3 is 4. The van der Waals surface area contributed by atoms with Crippen molar-refractivity contribution < 1.29 is 58.7 Å². The molecule has 1 aliphatic heterocycles. The summed E-state index contributed by atoms with van der Waals surface area (Å²) in [6.45, 7) is 4.81. The van der Waals surface area contributed by atoms with Gasteiger partial charge in [0.05, 0.1) is 35.0 Å². The molecule has 2 aromatic carbocycles. The Balaban J connectivity index is 2.07. The molecule has 0 unspecified atom stereocenters. The summed E-state index contributed by atoms with van der Waals surface area (Å²) in [4.78, 5) is 0. The minimum absolute atomic E-state index is 0.0768. The summed E-state index contributed by atoms with van der Waals surface area (Å²) < 4.78 is 39.8. The molecule has 5 N–H and O–H groups in total. The number of allylic oxidation sites excluding steroid dienone is 1. The van der Waals surface area contributed by atoms with Crippen LogP contribution in [0.3, 0.4) is 0 Å². The summed E-state index contributed by atoms with van der Waals surface area (Å²) >= 11 is 0. The molecule has 2 aromatic rings. The van der Waals surface area contributed by atoms with E-state index in [0.717, 1.165) is 5.56 Å². The van der Waals surface area contributed by atoms with Crippen molar-refractivity contribution in [1.29, 1.82) is 0 Å². The highest BCUT2D eigenvalue weighted by atomic mass is 16.7. The lowest BCUT2D eigenvalue weighted by molar-refractivity contribution is -0.317. The average molecular weight is 567 g/mol. The summed E-state index contributed by atoms with van der Waals surface area (Å²) in [6.07, 6.45) is -7.19. The van der Waals surface area contributed by atoms with Crippen LogP contribution in [0.25, 0.3) is 0 Å². The molecule has 1 heterocycles. The number of phenols is 1. The third-order valence-corrected chi connectivity index (χ3v) is 6.59. The van der Waals surface area contributed by atoms with Gasteiger partial charge in [-0.15, -0.1) is 6.58 Å². The van der Waals surface area contributed by atoms with Gasteiger partial charge in [-0.2, -0.15) is 0 Å². The molecule has 222 valence electrons. The molecule has 0 spiro atoms. The summed E-state index contributed by atoms with van der Waals surface area (Å²) in [5.41, 5.74) is 1.27. The SMILES string of the molecule is C=CCc1cc(OC)c(O[C@H](C)[C@H](O[C@@H]2O[C@H](CO)[C@@H](O)[C@H](O)[C@H]2O)c2cc(OC)c(O)c(OC)c2)c(OC)c1. The van der Waals surface area contributed by atoms with Crippen LogP contribution in [0.4, 0.5) is 0 Å². The Morgan fingerprint density at radius 2 is 1.43 bits per heavy atom. The minimum Gasteiger partial charge on any atom is -0.502 e. The number of aliphatic hydroxyl groups excluding tert-OH is 4. The van der Waals surface area contributed by atoms with Gasteiger partial charge in [-0.25, -0.2) is 0 Å². The second-order valence-corrected chi connectivity index (χ2v) is 9.17. The van der Waals surface area contributed by atoms with Gasteiger partial charge in [-0.1, -0.05) is 6.08 Å². The smallest absolute Gasteiger partial charge is 0.203 e. The summed E-state index contributed by atoms with van der Waals surface area (Å²) in [7, 11) is 5.71. The van der Waals surface area contributed by atoms with E-state index in [1.54, 1.807) is 25.1 Å². The molecule has 3 rings (SSSR count). The van der Waals surface area contributed by atoms with Gasteiger partial charge in [0.15, 0.2) is 29.3 Å². The maximum Gasteiger partial charge on any atom is 0.203 e. The van der Waals surface area contributed by atoms with Crippen LogP contribution in [0.5, 0.6) is 34.5 Å². The molecule has 1 saturated heterocycles. The average Bonchev–Trinajstić information content (AvgIpc) is 2.96. The second kappa shape index (κ2) is 13.9. The van der Waals surface area contributed by atoms with Gasteiger partial charge in [0.25, 0.3) is 0 Å². The molecule has 7 atom stereocenters. The van der Waals surface area contributed by atoms with Crippen molar-refractivity contribution >= 4 is 0 Å². The maximum atomic E-state index is 10.7. The number of hydrogen-bond donors (Lipinski definition) is 5. The van der Waals surface area contributed by atoms with Crippen molar-refractivity contribution in [3.05, 3.63) is 48.0 Å². The van der Waals surface area contributed by atoms with E-state index in [2.05, 4.69) is 6.58 Å². The molecule has 12 nitrogen and oxygen atoms in total. The standard InChI is InChI=1S/C28H38O12/c1-7-8-15-9-19(36-5)27(20(10-15)37-6)38-14(2)26(16-11-17(34-3)22(30)18(12-16)35-4)40-28-25(33)24(32)23(31)21(13-29)39-28/h7,9-12,14,21,23-26,28-33H,1,8,13H2,2-6H3/t14-,21-,23-,24+,25-,26+,28+/m1/s1. The first-order valence-corrected chi connectivity index (χ1v) is 12.6. The number of benzene rings is 2. The number of phenolic OH excluding ortho intramolecular Hbond substituents is 1. The van der Waals surface area contributed by atoms with Crippen LogP contribution in [-0.2, 0) is 15.9 Å². The normalized spacial score (nSPS) is 24.1. The van der Waals surface area contributed by atoms with Crippen LogP contribution in [-0.4, -0.2) is 97.4 Å². The Kier molecular flexibility index (Phi) is 10.9. The third kappa shape index (κ3) is 6.54. The van der Waals surface area contributed by atoms with E-state index in [1.165, 1.54) is 40.6 Å². The predicted octanol–water partition coefficient (Wildman–Crippen LogP) is 1.48. The number of rotatable bonds is 13. The van der Waals surface area contributed by atoms with Crippen molar-refractivity contribution in [3.8, 4) is 34.5 Å². The van der Waals surface area contributed by atoms with Gasteiger partial charge in [-0.3, -0.25) is 0 Å². The molecule has 40 heavy (non-hydrogen) atoms. The van der Waals surface area contributed by atoms with Crippen LogP contribution in [0, 0.1) is 0 Å². The third-order valence-electron chi connectivity index (χ3n) is 6.59. The maximum absolute atomic E-state index is 10.7. The van der Waals surface area contributed by atoms with Gasteiger partial charge < -0.3 is 58.7 Å². The molecule has 12 heteroatoms. The van der Waals surface area contributed by atoms with E-state index < -0.39 is 49.5 Å². The van der Waals surface area contributed by atoms with Gasteiger partial charge >= 0.3 is 0 Å². The van der Waals surface area contributed by atoms with E-state index in [0.29, 0.717) is 23.5 Å². The van der Waals surface area contributed by atoms with E-state index in [-0.39, 0.29) is 23.0 Å². The number of ether oxygens (including phenoxy) is 7. The zero-order chi connectivity index (χ0) is 29.6. The molecule has 0 aromatic heterocycles. The highest BCUT2D eigenvalue weighted by Crippen LogP contribution is 2.44. The van der Waals surface area contributed by atoms with Gasteiger partial charge in [-0.05, 0) is 48.7 Å². The predicted molar refractivity (Wildman–Crippen MR) is 142 cm³/mol. The van der Waals surface area contributed by atoms with Crippen LogP contribution in [0.15, 0.2) is 36.9 Å². The fraction of sp³-hybridized carbons (Fsp3) is 0.500. The van der Waals surface area contributed by atoms with Gasteiger partial charge in [0.1, 0.15) is 36.6 Å². The van der Waals surface area contributed by atoms with Crippen molar-refractivity contribution in [1.82, 2.24) is 0 Å². The second-order valence-electron chi connectivity index (χ2n) is 9.17. The summed E-state index contributed by atoms with van der Waals surface area (Å²) in [5, 5.41) is 51.3. The first-order valence-electron chi connectivity index (χ1n) is 12.6. The lowest BCUT2D eigenvalue weighted by Gasteiger charge is -2.41. The molecule has 1 fully saturated rings. The van der Waals surface area contributed by atoms with E-state index in [4.69, 9.17) is 33.2 Å². The minimum atomic E-state index is -1.67. The molecule has 0 saturated carbocycles. The quantitative estimate of drug-likeness (QED) is 0.222. The molecule has 0 amide bonds. The zero-order valence-electron chi connectivity index (χ0n) is 23.1. The van der Waals surface area contributed by atoms with Crippen molar-refractivity contribution in [2.45, 2.75) is 56.3 Å². The van der Waals surface area contributed by atoms with Gasteiger partial charge in [0, 0.05) is 0 Å². The first kappa shape index (κ1) is 31.3. The molecular weight excluding hydrogens is 528 g/mol.